The van der Waals surface area contributed by atoms with E-state index in [2.05, 4.69) is 21.2 Å². The Morgan fingerprint density at radius 2 is 1.82 bits per heavy atom. The summed E-state index contributed by atoms with van der Waals surface area (Å²) in [5.41, 5.74) is -0.230. The van der Waals surface area contributed by atoms with E-state index in [1.54, 1.807) is 0 Å². The van der Waals surface area contributed by atoms with Gasteiger partial charge in [0.2, 0.25) is 0 Å². The molecule has 1 heterocycles. The molecule has 0 spiro atoms. The third-order valence-corrected chi connectivity index (χ3v) is 3.44. The molecule has 1 aromatic carbocycles. The number of amides is 1. The van der Waals surface area contributed by atoms with E-state index >= 15 is 0 Å². The van der Waals surface area contributed by atoms with E-state index in [4.69, 9.17) is 0 Å². The van der Waals surface area contributed by atoms with Crippen molar-refractivity contribution in [3.63, 3.8) is 0 Å². The van der Waals surface area contributed by atoms with Crippen LogP contribution in [0.25, 0.3) is 0 Å². The normalized spacial score (nSPS) is 16.1. The summed E-state index contributed by atoms with van der Waals surface area (Å²) < 4.78 is 26.8. The molecule has 1 fully saturated rings. The van der Waals surface area contributed by atoms with Crippen molar-refractivity contribution < 1.29 is 13.6 Å². The van der Waals surface area contributed by atoms with E-state index < -0.39 is 17.5 Å². The highest BCUT2D eigenvalue weighted by molar-refractivity contribution is 9.10. The zero-order chi connectivity index (χ0) is 12.4. The maximum absolute atomic E-state index is 13.6. The first kappa shape index (κ1) is 12.4. The van der Waals surface area contributed by atoms with E-state index in [9.17, 15) is 13.6 Å². The molecule has 0 saturated carbocycles. The van der Waals surface area contributed by atoms with Crippen molar-refractivity contribution in [3.05, 3.63) is 33.8 Å². The van der Waals surface area contributed by atoms with Crippen LogP contribution in [0.4, 0.5) is 8.78 Å². The fourth-order valence-electron chi connectivity index (χ4n) is 1.75. The number of nitrogens with zero attached hydrogens (tertiary/aromatic N) is 1. The van der Waals surface area contributed by atoms with Crippen LogP contribution in [0, 0.1) is 11.6 Å². The van der Waals surface area contributed by atoms with Gasteiger partial charge in [-0.25, -0.2) is 8.78 Å². The summed E-state index contributed by atoms with van der Waals surface area (Å²) in [4.78, 5) is 13.6. The van der Waals surface area contributed by atoms with Gasteiger partial charge in [-0.05, 0) is 28.1 Å². The first-order chi connectivity index (χ1) is 8.11. The molecule has 1 saturated heterocycles. The minimum Gasteiger partial charge on any atom is -0.336 e. The molecule has 3 nitrogen and oxygen atoms in total. The molecule has 0 bridgehead atoms. The molecule has 1 aliphatic rings. The van der Waals surface area contributed by atoms with Crippen molar-refractivity contribution in [2.75, 3.05) is 26.2 Å². The summed E-state index contributed by atoms with van der Waals surface area (Å²) in [6, 6.07) is 1.96. The Bertz CT molecular complexity index is 447. The molecular formula is C11H11BrF2N2O. The van der Waals surface area contributed by atoms with Gasteiger partial charge < -0.3 is 10.2 Å². The predicted molar refractivity (Wildman–Crippen MR) is 62.8 cm³/mol. The van der Waals surface area contributed by atoms with Gasteiger partial charge in [0.25, 0.3) is 5.91 Å². The molecule has 1 aliphatic heterocycles. The molecule has 0 atom stereocenters. The topological polar surface area (TPSA) is 32.3 Å². The number of hydrogen-bond donors (Lipinski definition) is 1. The van der Waals surface area contributed by atoms with Gasteiger partial charge in [0, 0.05) is 26.2 Å². The van der Waals surface area contributed by atoms with E-state index in [0.29, 0.717) is 26.2 Å². The van der Waals surface area contributed by atoms with Gasteiger partial charge in [0.05, 0.1) is 10.0 Å². The average Bonchev–Trinajstić information content (AvgIpc) is 2.35. The molecule has 0 unspecified atom stereocenters. The summed E-state index contributed by atoms with van der Waals surface area (Å²) in [5.74, 6) is -1.82. The standard InChI is InChI=1S/C11H11BrF2N2O/c12-10-8(14)2-1-7(13)9(10)11(17)16-5-3-15-4-6-16/h1-2,15H,3-6H2. The number of hydrogen-bond acceptors (Lipinski definition) is 2. The number of piperazine rings is 1. The predicted octanol–water partition coefficient (Wildman–Crippen LogP) is 1.77. The molecule has 2 rings (SSSR count). The Hall–Kier alpha value is -1.01. The van der Waals surface area contributed by atoms with Crippen LogP contribution in [0.15, 0.2) is 16.6 Å². The van der Waals surface area contributed by atoms with Crippen molar-refractivity contribution in [2.45, 2.75) is 0 Å². The second-order valence-electron chi connectivity index (χ2n) is 3.76. The molecule has 0 radical (unpaired) electrons. The minimum atomic E-state index is -0.707. The maximum atomic E-state index is 13.6. The largest absolute Gasteiger partial charge is 0.336 e. The van der Waals surface area contributed by atoms with E-state index in [0.717, 1.165) is 12.1 Å². The van der Waals surface area contributed by atoms with Crippen LogP contribution in [0.2, 0.25) is 0 Å². The number of rotatable bonds is 1. The van der Waals surface area contributed by atoms with Gasteiger partial charge in [0.1, 0.15) is 11.6 Å². The van der Waals surface area contributed by atoms with E-state index in [1.165, 1.54) is 4.90 Å². The van der Waals surface area contributed by atoms with Crippen molar-refractivity contribution in [3.8, 4) is 0 Å². The third-order valence-electron chi connectivity index (χ3n) is 2.66. The first-order valence-electron chi connectivity index (χ1n) is 5.24. The second kappa shape index (κ2) is 5.10. The SMILES string of the molecule is O=C(c1c(F)ccc(F)c1Br)N1CCNCC1. The summed E-state index contributed by atoms with van der Waals surface area (Å²) in [6.07, 6.45) is 0. The van der Waals surface area contributed by atoms with Crippen LogP contribution in [0.3, 0.4) is 0 Å². The molecule has 92 valence electrons. The number of nitrogens with one attached hydrogen (secondary N) is 1. The van der Waals surface area contributed by atoms with Gasteiger partial charge in [-0.3, -0.25) is 4.79 Å². The van der Waals surface area contributed by atoms with Crippen molar-refractivity contribution in [2.24, 2.45) is 0 Å². The van der Waals surface area contributed by atoms with Gasteiger partial charge in [-0.1, -0.05) is 0 Å². The molecule has 1 N–H and O–H groups in total. The Kier molecular flexibility index (Phi) is 3.73. The summed E-state index contributed by atoms with van der Waals surface area (Å²) in [5, 5.41) is 3.09. The fraction of sp³-hybridized carbons (Fsp3) is 0.364. The Morgan fingerprint density at radius 1 is 1.24 bits per heavy atom. The minimum absolute atomic E-state index is 0.110. The van der Waals surface area contributed by atoms with Crippen LogP contribution < -0.4 is 5.32 Å². The fourth-order valence-corrected chi connectivity index (χ4v) is 2.24. The highest BCUT2D eigenvalue weighted by Gasteiger charge is 2.24. The first-order valence-corrected chi connectivity index (χ1v) is 6.04. The van der Waals surface area contributed by atoms with Crippen LogP contribution in [-0.4, -0.2) is 37.0 Å². The monoisotopic (exact) mass is 304 g/mol. The average molecular weight is 305 g/mol. The third kappa shape index (κ3) is 2.47. The van der Waals surface area contributed by atoms with Crippen molar-refractivity contribution in [1.29, 1.82) is 0 Å². The van der Waals surface area contributed by atoms with E-state index in [1.807, 2.05) is 0 Å². The zero-order valence-corrected chi connectivity index (χ0v) is 10.6. The van der Waals surface area contributed by atoms with Crippen molar-refractivity contribution in [1.82, 2.24) is 10.2 Å². The number of halogens is 3. The van der Waals surface area contributed by atoms with Crippen molar-refractivity contribution >= 4 is 21.8 Å². The molecule has 6 heteroatoms. The molecule has 17 heavy (non-hydrogen) atoms. The number of carbonyl (C=O) groups is 1. The van der Waals surface area contributed by atoms with Crippen LogP contribution in [-0.2, 0) is 0 Å². The Labute approximate surface area is 106 Å². The quantitative estimate of drug-likeness (QED) is 0.802. The van der Waals surface area contributed by atoms with Gasteiger partial charge in [-0.15, -0.1) is 0 Å². The zero-order valence-electron chi connectivity index (χ0n) is 8.97. The van der Waals surface area contributed by atoms with Gasteiger partial charge >= 0.3 is 0 Å². The van der Waals surface area contributed by atoms with Gasteiger partial charge in [-0.2, -0.15) is 0 Å². The molecule has 1 amide bonds. The van der Waals surface area contributed by atoms with E-state index in [-0.39, 0.29) is 10.0 Å². The smallest absolute Gasteiger partial charge is 0.258 e. The van der Waals surface area contributed by atoms with Crippen LogP contribution in [0.5, 0.6) is 0 Å². The molecule has 0 aromatic heterocycles. The Balaban J connectivity index is 2.32. The summed E-state index contributed by atoms with van der Waals surface area (Å²) in [7, 11) is 0. The molecule has 0 aliphatic carbocycles. The lowest BCUT2D eigenvalue weighted by Crippen LogP contribution is -2.46. The van der Waals surface area contributed by atoms with Crippen LogP contribution >= 0.6 is 15.9 Å². The highest BCUT2D eigenvalue weighted by Crippen LogP contribution is 2.24. The second-order valence-corrected chi connectivity index (χ2v) is 4.55. The van der Waals surface area contributed by atoms with Gasteiger partial charge in [0.15, 0.2) is 0 Å². The lowest BCUT2D eigenvalue weighted by molar-refractivity contribution is 0.0729. The Morgan fingerprint density at radius 3 is 2.47 bits per heavy atom. The number of carbonyl (C=O) groups excluding carboxylic acids is 1. The lowest BCUT2D eigenvalue weighted by Gasteiger charge is -2.27. The summed E-state index contributed by atoms with van der Waals surface area (Å²) in [6.45, 7) is 2.34. The maximum Gasteiger partial charge on any atom is 0.258 e. The lowest BCUT2D eigenvalue weighted by atomic mass is 10.1. The summed E-state index contributed by atoms with van der Waals surface area (Å²) >= 11 is 2.92. The number of benzene rings is 1. The molecule has 1 aromatic rings. The van der Waals surface area contributed by atoms with Crippen LogP contribution in [0.1, 0.15) is 10.4 Å². The highest BCUT2D eigenvalue weighted by atomic mass is 79.9. The molecular weight excluding hydrogens is 294 g/mol.